The van der Waals surface area contributed by atoms with Gasteiger partial charge in [-0.1, -0.05) is 57.2 Å². The van der Waals surface area contributed by atoms with Crippen LogP contribution in [-0.2, 0) is 15.9 Å². The zero-order valence-electron chi connectivity index (χ0n) is 18.0. The van der Waals surface area contributed by atoms with Gasteiger partial charge in [-0.05, 0) is 24.6 Å². The van der Waals surface area contributed by atoms with Crippen molar-refractivity contribution in [2.75, 3.05) is 13.4 Å². The zero-order chi connectivity index (χ0) is 19.8. The van der Waals surface area contributed by atoms with Gasteiger partial charge in [0, 0.05) is 23.7 Å². The van der Waals surface area contributed by atoms with Gasteiger partial charge in [-0.25, -0.2) is 0 Å². The van der Waals surface area contributed by atoms with Gasteiger partial charge < -0.3 is 25.2 Å². The van der Waals surface area contributed by atoms with Gasteiger partial charge in [-0.15, -0.1) is 12.4 Å². The number of rotatable bonds is 4. The topological polar surface area (TPSA) is 78.1 Å². The summed E-state index contributed by atoms with van der Waals surface area (Å²) in [6.07, 6.45) is 2.98. The molecule has 0 radical (unpaired) electrons. The van der Waals surface area contributed by atoms with Crippen LogP contribution in [0.4, 0.5) is 0 Å². The molecule has 2 aliphatic heterocycles. The molecule has 1 aromatic heterocycles. The molecule has 0 saturated carbocycles. The number of pyridine rings is 1. The Morgan fingerprint density at radius 2 is 1.87 bits per heavy atom. The summed E-state index contributed by atoms with van der Waals surface area (Å²) in [6, 6.07) is 16.6. The molecule has 2 unspecified atom stereocenters. The standard InChI is InChI=1S/C23H29N3O2.ClH.H2O/c1-17-9-8-12-19(24-17)20-14-26(21(25-20)22(2,3)4)23(15-27-16-28-23)13-18-10-6-5-7-11-18;;/h5-12,14,21,25H,13,15-16H2,1-4H3;1H;1H2. The smallest absolute Gasteiger partial charge is 0.172 e. The second kappa shape index (κ2) is 9.35. The second-order valence-electron chi connectivity index (χ2n) is 8.75. The molecule has 1 saturated heterocycles. The van der Waals surface area contributed by atoms with E-state index in [-0.39, 0.29) is 29.5 Å². The van der Waals surface area contributed by atoms with Crippen LogP contribution < -0.4 is 5.32 Å². The molecular weight excluding hydrogens is 402 g/mol. The molecule has 1 aromatic carbocycles. The maximum atomic E-state index is 6.26. The Morgan fingerprint density at radius 3 is 2.47 bits per heavy atom. The number of benzene rings is 1. The first-order valence-corrected chi connectivity index (χ1v) is 9.84. The van der Waals surface area contributed by atoms with Crippen LogP contribution in [0.2, 0.25) is 0 Å². The van der Waals surface area contributed by atoms with Gasteiger partial charge in [0.05, 0.1) is 18.0 Å². The molecule has 0 amide bonds. The molecule has 164 valence electrons. The van der Waals surface area contributed by atoms with Crippen molar-refractivity contribution in [3.05, 3.63) is 71.7 Å². The number of hydrogen-bond acceptors (Lipinski definition) is 5. The molecule has 3 heterocycles. The van der Waals surface area contributed by atoms with Crippen molar-refractivity contribution in [3.63, 3.8) is 0 Å². The Bertz CT molecular complexity index is 861. The predicted molar refractivity (Wildman–Crippen MR) is 121 cm³/mol. The molecule has 0 spiro atoms. The van der Waals surface area contributed by atoms with Crippen molar-refractivity contribution in [1.82, 2.24) is 15.2 Å². The first kappa shape index (κ1) is 24.2. The van der Waals surface area contributed by atoms with E-state index < -0.39 is 5.72 Å². The fourth-order valence-electron chi connectivity index (χ4n) is 3.94. The van der Waals surface area contributed by atoms with Crippen LogP contribution in [-0.4, -0.2) is 40.7 Å². The summed E-state index contributed by atoms with van der Waals surface area (Å²) < 4.78 is 12.0. The summed E-state index contributed by atoms with van der Waals surface area (Å²) in [4.78, 5) is 7.02. The van der Waals surface area contributed by atoms with Gasteiger partial charge in [0.2, 0.25) is 0 Å². The SMILES string of the molecule is Cc1cccc(C2=CN(C3(Cc4ccccc4)COCO3)C(C(C)(C)C)N2)n1.Cl.O. The number of nitrogens with zero attached hydrogens (tertiary/aromatic N) is 2. The van der Waals surface area contributed by atoms with E-state index >= 15 is 0 Å². The molecule has 4 rings (SSSR count). The summed E-state index contributed by atoms with van der Waals surface area (Å²) >= 11 is 0. The van der Waals surface area contributed by atoms with Crippen LogP contribution >= 0.6 is 12.4 Å². The highest BCUT2D eigenvalue weighted by Gasteiger charge is 2.49. The summed E-state index contributed by atoms with van der Waals surface area (Å²) in [5.41, 5.74) is 3.65. The van der Waals surface area contributed by atoms with E-state index in [4.69, 9.17) is 14.5 Å². The van der Waals surface area contributed by atoms with Crippen molar-refractivity contribution in [1.29, 1.82) is 0 Å². The third kappa shape index (κ3) is 4.78. The molecule has 0 aliphatic carbocycles. The van der Waals surface area contributed by atoms with Crippen LogP contribution in [0.5, 0.6) is 0 Å². The third-order valence-corrected chi connectivity index (χ3v) is 5.36. The Kier molecular flexibility index (Phi) is 7.53. The maximum absolute atomic E-state index is 6.26. The van der Waals surface area contributed by atoms with Crippen LogP contribution in [0.1, 0.15) is 37.7 Å². The van der Waals surface area contributed by atoms with Crippen LogP contribution in [0.3, 0.4) is 0 Å². The van der Waals surface area contributed by atoms with Gasteiger partial charge in [-0.2, -0.15) is 0 Å². The molecule has 2 aromatic rings. The van der Waals surface area contributed by atoms with E-state index in [0.717, 1.165) is 23.5 Å². The number of hydrogen-bond donors (Lipinski definition) is 1. The first-order chi connectivity index (χ1) is 13.4. The van der Waals surface area contributed by atoms with Crippen LogP contribution in [0.15, 0.2) is 54.7 Å². The number of ether oxygens (including phenoxy) is 2. The van der Waals surface area contributed by atoms with Gasteiger partial charge in [0.25, 0.3) is 0 Å². The molecule has 3 N–H and O–H groups in total. The van der Waals surface area contributed by atoms with E-state index in [1.54, 1.807) is 0 Å². The van der Waals surface area contributed by atoms with E-state index in [2.05, 4.69) is 61.5 Å². The normalized spacial score (nSPS) is 23.3. The lowest BCUT2D eigenvalue weighted by atomic mass is 9.89. The highest BCUT2D eigenvalue weighted by Crippen LogP contribution is 2.39. The highest BCUT2D eigenvalue weighted by atomic mass is 35.5. The fourth-order valence-corrected chi connectivity index (χ4v) is 3.94. The Hall–Kier alpha value is -2.12. The van der Waals surface area contributed by atoms with E-state index in [1.165, 1.54) is 5.56 Å². The second-order valence-corrected chi connectivity index (χ2v) is 8.75. The minimum Gasteiger partial charge on any atom is -0.412 e. The molecule has 6 nitrogen and oxygen atoms in total. The average molecular weight is 434 g/mol. The number of aromatic nitrogens is 1. The van der Waals surface area contributed by atoms with Crippen LogP contribution in [0.25, 0.3) is 5.70 Å². The highest BCUT2D eigenvalue weighted by molar-refractivity contribution is 5.85. The van der Waals surface area contributed by atoms with E-state index in [9.17, 15) is 0 Å². The lowest BCUT2D eigenvalue weighted by Gasteiger charge is -2.45. The number of nitrogens with one attached hydrogen (secondary N) is 1. The van der Waals surface area contributed by atoms with Crippen molar-refractivity contribution in [2.24, 2.45) is 5.41 Å². The Morgan fingerprint density at radius 1 is 1.13 bits per heavy atom. The summed E-state index contributed by atoms with van der Waals surface area (Å²) in [5, 5.41) is 3.70. The number of halogens is 1. The van der Waals surface area contributed by atoms with Gasteiger partial charge in [0.1, 0.15) is 13.0 Å². The van der Waals surface area contributed by atoms with Crippen LogP contribution in [0, 0.1) is 12.3 Å². The summed E-state index contributed by atoms with van der Waals surface area (Å²) in [7, 11) is 0. The minimum atomic E-state index is -0.544. The molecule has 2 aliphatic rings. The Labute approximate surface area is 185 Å². The lowest BCUT2D eigenvalue weighted by Crippen LogP contribution is -2.59. The predicted octanol–water partition coefficient (Wildman–Crippen LogP) is 3.51. The molecular formula is C23H32ClN3O3. The molecule has 2 atom stereocenters. The molecule has 30 heavy (non-hydrogen) atoms. The summed E-state index contributed by atoms with van der Waals surface area (Å²) in [6.45, 7) is 9.58. The maximum Gasteiger partial charge on any atom is 0.172 e. The van der Waals surface area contributed by atoms with Crippen molar-refractivity contribution in [3.8, 4) is 0 Å². The first-order valence-electron chi connectivity index (χ1n) is 9.84. The fraction of sp³-hybridized carbons (Fsp3) is 0.435. The largest absolute Gasteiger partial charge is 0.412 e. The Balaban J connectivity index is 0.00000160. The third-order valence-electron chi connectivity index (χ3n) is 5.36. The molecule has 1 fully saturated rings. The van der Waals surface area contributed by atoms with Gasteiger partial charge >= 0.3 is 0 Å². The minimum absolute atomic E-state index is 0. The molecule has 7 heteroatoms. The monoisotopic (exact) mass is 433 g/mol. The summed E-state index contributed by atoms with van der Waals surface area (Å²) in [5.74, 6) is 0. The lowest BCUT2D eigenvalue weighted by molar-refractivity contribution is -0.123. The number of aryl methyl sites for hydroxylation is 1. The van der Waals surface area contributed by atoms with Crippen molar-refractivity contribution < 1.29 is 14.9 Å². The van der Waals surface area contributed by atoms with E-state index in [1.807, 2.05) is 31.2 Å². The quantitative estimate of drug-likeness (QED) is 0.798. The molecule has 0 bridgehead atoms. The van der Waals surface area contributed by atoms with Gasteiger partial charge in [0.15, 0.2) is 5.72 Å². The van der Waals surface area contributed by atoms with Crippen molar-refractivity contribution >= 4 is 18.1 Å². The van der Waals surface area contributed by atoms with Crippen molar-refractivity contribution in [2.45, 2.75) is 46.0 Å². The van der Waals surface area contributed by atoms with E-state index in [0.29, 0.717) is 13.4 Å². The van der Waals surface area contributed by atoms with Gasteiger partial charge in [-0.3, -0.25) is 4.98 Å². The average Bonchev–Trinajstić information content (AvgIpc) is 3.30. The zero-order valence-corrected chi connectivity index (χ0v) is 18.8.